The predicted octanol–water partition coefficient (Wildman–Crippen LogP) is 17.8. The lowest BCUT2D eigenvalue weighted by atomic mass is 9.82. The summed E-state index contributed by atoms with van der Waals surface area (Å²) in [5.74, 6) is 0. The Morgan fingerprint density at radius 3 is 1.43 bits per heavy atom. The zero-order valence-corrected chi connectivity index (χ0v) is 39.9. The molecule has 14 rings (SSSR count). The van der Waals surface area contributed by atoms with Crippen molar-refractivity contribution in [3.63, 3.8) is 0 Å². The highest BCUT2D eigenvalue weighted by Gasteiger charge is 2.30. The summed E-state index contributed by atoms with van der Waals surface area (Å²) < 4.78 is 7.70. The lowest BCUT2D eigenvalue weighted by molar-refractivity contribution is 0.591. The lowest BCUT2D eigenvalue weighted by Crippen LogP contribution is -2.11. The van der Waals surface area contributed by atoms with E-state index in [1.54, 1.807) is 0 Å². The van der Waals surface area contributed by atoms with E-state index >= 15 is 0 Å². The van der Waals surface area contributed by atoms with E-state index in [0.717, 1.165) is 0 Å². The van der Waals surface area contributed by atoms with Gasteiger partial charge >= 0.3 is 0 Å². The van der Waals surface area contributed by atoms with Gasteiger partial charge in [0.05, 0.1) is 44.1 Å². The third-order valence-electron chi connectivity index (χ3n) is 15.5. The molecular weight excluding hydrogens is 811 g/mol. The van der Waals surface area contributed by atoms with E-state index in [9.17, 15) is 0 Å². The fraction of sp³-hybridized carbons (Fsp3) is 0.188. The molecule has 0 aliphatic carbocycles. The molecule has 9 aromatic carbocycles. The molecule has 3 heteroatoms. The number of benzene rings is 9. The van der Waals surface area contributed by atoms with Crippen LogP contribution in [0.25, 0.3) is 126 Å². The van der Waals surface area contributed by atoms with E-state index < -0.39 is 0 Å². The third kappa shape index (κ3) is 5.12. The van der Waals surface area contributed by atoms with Crippen molar-refractivity contribution < 1.29 is 0 Å². The van der Waals surface area contributed by atoms with Gasteiger partial charge < -0.3 is 13.4 Å². The van der Waals surface area contributed by atoms with Gasteiger partial charge in [-0.05, 0) is 123 Å². The molecule has 0 spiro atoms. The first-order chi connectivity index (χ1) is 32.1. The number of hydrogen-bond acceptors (Lipinski definition) is 0. The molecular formula is C64H53N3. The van der Waals surface area contributed by atoms with E-state index in [-0.39, 0.29) is 16.2 Å². The minimum Gasteiger partial charge on any atom is -0.309 e. The number of rotatable bonds is 2. The monoisotopic (exact) mass is 863 g/mol. The molecule has 0 aliphatic rings. The summed E-state index contributed by atoms with van der Waals surface area (Å²) in [5, 5.41) is 15.8. The summed E-state index contributed by atoms with van der Waals surface area (Å²) in [6.45, 7) is 21.3. The highest BCUT2D eigenvalue weighted by Crippen LogP contribution is 2.51. The third-order valence-corrected chi connectivity index (χ3v) is 15.5. The van der Waals surface area contributed by atoms with Crippen LogP contribution in [0, 0.1) is 0 Å². The molecule has 0 radical (unpaired) electrons. The Bertz CT molecular complexity index is 4410. The first-order valence-corrected chi connectivity index (χ1v) is 24.1. The molecule has 0 atom stereocenters. The van der Waals surface area contributed by atoms with Crippen LogP contribution in [-0.4, -0.2) is 13.4 Å². The SMILES string of the molecule is CC(C)(C)c1cc(-c2ccc3c(c2)c2ccccc2n3-c2ccccc2)c2c(c1)c1cc(C(C)(C)C)cc3c4c5c6cc(C(C)(C)C)cc7c8ccc9ccccc9c8n(c5ccc4n2c13)c76. The fourth-order valence-corrected chi connectivity index (χ4v) is 12.1. The highest BCUT2D eigenvalue weighted by atomic mass is 15.0. The van der Waals surface area contributed by atoms with Gasteiger partial charge in [0.25, 0.3) is 0 Å². The van der Waals surface area contributed by atoms with E-state index in [1.807, 2.05) is 0 Å². The maximum Gasteiger partial charge on any atom is 0.0621 e. The zero-order valence-electron chi connectivity index (χ0n) is 39.9. The van der Waals surface area contributed by atoms with Gasteiger partial charge in [-0.15, -0.1) is 0 Å². The van der Waals surface area contributed by atoms with Gasteiger partial charge in [0, 0.05) is 70.5 Å². The molecule has 0 unspecified atom stereocenters. The van der Waals surface area contributed by atoms with Crippen LogP contribution in [0.4, 0.5) is 0 Å². The van der Waals surface area contributed by atoms with Crippen molar-refractivity contribution >= 4 is 109 Å². The Kier molecular flexibility index (Phi) is 7.39. The van der Waals surface area contributed by atoms with E-state index in [0.29, 0.717) is 0 Å². The maximum absolute atomic E-state index is 2.66. The number of fused-ring (bicyclic) bond motifs is 18. The van der Waals surface area contributed by atoms with Crippen molar-refractivity contribution in [1.82, 2.24) is 13.4 Å². The predicted molar refractivity (Wildman–Crippen MR) is 289 cm³/mol. The van der Waals surface area contributed by atoms with Gasteiger partial charge in [0.2, 0.25) is 0 Å². The van der Waals surface area contributed by atoms with Crippen LogP contribution in [0.1, 0.15) is 79.0 Å². The van der Waals surface area contributed by atoms with Crippen molar-refractivity contribution in [2.24, 2.45) is 0 Å². The summed E-state index contributed by atoms with van der Waals surface area (Å²) in [6, 6.07) is 60.5. The fourth-order valence-electron chi connectivity index (χ4n) is 12.1. The van der Waals surface area contributed by atoms with Gasteiger partial charge in [-0.3, -0.25) is 0 Å². The van der Waals surface area contributed by atoms with Gasteiger partial charge in [-0.25, -0.2) is 0 Å². The van der Waals surface area contributed by atoms with Crippen LogP contribution in [0.3, 0.4) is 0 Å². The van der Waals surface area contributed by atoms with Gasteiger partial charge in [0.15, 0.2) is 0 Å². The van der Waals surface area contributed by atoms with Crippen molar-refractivity contribution in [1.29, 1.82) is 0 Å². The van der Waals surface area contributed by atoms with Gasteiger partial charge in [-0.1, -0.05) is 141 Å². The number of hydrogen-bond donors (Lipinski definition) is 0. The Morgan fingerprint density at radius 2 is 0.791 bits per heavy atom. The Balaban J connectivity index is 1.18. The molecule has 3 nitrogen and oxygen atoms in total. The average Bonchev–Trinajstić information content (AvgIpc) is 4.10. The Hall–Kier alpha value is -7.36. The molecule has 324 valence electrons. The zero-order chi connectivity index (χ0) is 45.6. The van der Waals surface area contributed by atoms with Crippen molar-refractivity contribution in [3.05, 3.63) is 174 Å². The van der Waals surface area contributed by atoms with Crippen molar-refractivity contribution in [2.45, 2.75) is 78.6 Å². The molecule has 0 saturated heterocycles. The molecule has 67 heavy (non-hydrogen) atoms. The number of para-hydroxylation sites is 2. The molecule has 5 heterocycles. The van der Waals surface area contributed by atoms with Gasteiger partial charge in [0.1, 0.15) is 0 Å². The van der Waals surface area contributed by atoms with Crippen LogP contribution in [-0.2, 0) is 16.2 Å². The van der Waals surface area contributed by atoms with E-state index in [2.05, 4.69) is 233 Å². The lowest BCUT2D eigenvalue weighted by Gasteiger charge is -2.22. The first kappa shape index (κ1) is 38.9. The normalized spacial score (nSPS) is 13.4. The summed E-state index contributed by atoms with van der Waals surface area (Å²) >= 11 is 0. The molecule has 0 saturated carbocycles. The first-order valence-electron chi connectivity index (χ1n) is 24.1. The minimum atomic E-state index is -0.0675. The van der Waals surface area contributed by atoms with Crippen molar-refractivity contribution in [3.8, 4) is 16.8 Å². The molecule has 0 N–H and O–H groups in total. The molecule has 0 bridgehead atoms. The Morgan fingerprint density at radius 1 is 0.313 bits per heavy atom. The second-order valence-electron chi connectivity index (χ2n) is 22.6. The molecule has 0 aliphatic heterocycles. The molecule has 0 fully saturated rings. The topological polar surface area (TPSA) is 13.8 Å². The van der Waals surface area contributed by atoms with E-state index in [4.69, 9.17) is 0 Å². The number of aromatic nitrogens is 3. The quantitative estimate of drug-likeness (QED) is 0.164. The van der Waals surface area contributed by atoms with Crippen LogP contribution in [0.15, 0.2) is 158 Å². The highest BCUT2D eigenvalue weighted by molar-refractivity contribution is 6.37. The second-order valence-corrected chi connectivity index (χ2v) is 22.6. The molecule has 14 aromatic rings. The van der Waals surface area contributed by atoms with Crippen LogP contribution >= 0.6 is 0 Å². The largest absolute Gasteiger partial charge is 0.309 e. The Labute approximate surface area is 390 Å². The molecule has 5 aromatic heterocycles. The standard InChI is InChI=1S/C64H53N3/c1-62(2,3)38-30-45(37-24-26-53-46(29-37)43-21-15-16-22-52(43)65(53)41-18-11-10-12-19-41)59-48(32-38)49-33-40(64(7,8)9)35-51-57-55(67(59)61(49)51)28-27-54-56(57)50-34-39(63(4,5)6)31-47-44-25-23-36-17-13-14-20-42(36)58(44)66(54)60(47)50/h10-35H,1-9H3. The summed E-state index contributed by atoms with van der Waals surface area (Å²) in [7, 11) is 0. The smallest absolute Gasteiger partial charge is 0.0621 e. The van der Waals surface area contributed by atoms with Crippen LogP contribution in [0.2, 0.25) is 0 Å². The number of nitrogens with zero attached hydrogens (tertiary/aromatic N) is 3. The van der Waals surface area contributed by atoms with E-state index in [1.165, 1.54) is 142 Å². The maximum atomic E-state index is 2.66. The van der Waals surface area contributed by atoms with Gasteiger partial charge in [-0.2, -0.15) is 0 Å². The summed E-state index contributed by atoms with van der Waals surface area (Å²) in [5.41, 5.74) is 17.8. The average molecular weight is 864 g/mol. The minimum absolute atomic E-state index is 0.0360. The summed E-state index contributed by atoms with van der Waals surface area (Å²) in [6.07, 6.45) is 0. The molecule has 0 amide bonds. The van der Waals surface area contributed by atoms with Crippen LogP contribution < -0.4 is 0 Å². The second kappa shape index (κ2) is 12.7. The van der Waals surface area contributed by atoms with Crippen LogP contribution in [0.5, 0.6) is 0 Å². The van der Waals surface area contributed by atoms with Crippen molar-refractivity contribution in [2.75, 3.05) is 0 Å². The summed E-state index contributed by atoms with van der Waals surface area (Å²) in [4.78, 5) is 0.